The van der Waals surface area contributed by atoms with Crippen LogP contribution >= 0.6 is 11.3 Å². The molecule has 0 radical (unpaired) electrons. The number of carbonyl (C=O) groups is 1. The van der Waals surface area contributed by atoms with Gasteiger partial charge in [0.25, 0.3) is 5.91 Å². The molecule has 18 heavy (non-hydrogen) atoms. The summed E-state index contributed by atoms with van der Waals surface area (Å²) in [5.41, 5.74) is 0.750. The molecule has 3 rings (SSSR count). The Kier molecular flexibility index (Phi) is 2.62. The van der Waals surface area contributed by atoms with E-state index in [1.165, 1.54) is 18.6 Å². The van der Waals surface area contributed by atoms with Crippen LogP contribution in [0.15, 0.2) is 52.7 Å². The highest BCUT2D eigenvalue weighted by atomic mass is 32.1. The third kappa shape index (κ3) is 1.79. The summed E-state index contributed by atoms with van der Waals surface area (Å²) in [6.45, 7) is 0. The highest BCUT2D eigenvalue weighted by Gasteiger charge is 2.16. The van der Waals surface area contributed by atoms with Gasteiger partial charge >= 0.3 is 0 Å². The Morgan fingerprint density at radius 3 is 2.94 bits per heavy atom. The minimum Gasteiger partial charge on any atom is -0.470 e. The third-order valence-electron chi connectivity index (χ3n) is 2.65. The smallest absolute Gasteiger partial charge is 0.282 e. The fraction of sp³-hybridized carbons (Fsp3) is 0. The van der Waals surface area contributed by atoms with Crippen molar-refractivity contribution in [3.8, 4) is 0 Å². The Morgan fingerprint density at radius 1 is 1.28 bits per heavy atom. The quantitative estimate of drug-likeness (QED) is 0.565. The molecule has 3 aromatic rings. The lowest BCUT2D eigenvalue weighted by Crippen LogP contribution is -2.26. The molecule has 0 spiro atoms. The van der Waals surface area contributed by atoms with Crippen molar-refractivity contribution in [3.63, 3.8) is 0 Å². The number of rotatable bonds is 2. The number of hydrogen-bond acceptors (Lipinski definition) is 4. The van der Waals surface area contributed by atoms with Crippen LogP contribution in [-0.4, -0.2) is 11.1 Å². The first-order valence-corrected chi connectivity index (χ1v) is 6.16. The van der Waals surface area contributed by atoms with Crippen molar-refractivity contribution in [3.05, 3.63) is 53.8 Å². The van der Waals surface area contributed by atoms with E-state index < -0.39 is 5.91 Å². The molecule has 4 nitrogen and oxygen atoms in total. The summed E-state index contributed by atoms with van der Waals surface area (Å²) in [5.74, 6) is -0.480. The number of fused-ring (bicyclic) bond motifs is 1. The molecule has 0 aliphatic rings. The van der Waals surface area contributed by atoms with Crippen LogP contribution in [0.5, 0.6) is 0 Å². The van der Waals surface area contributed by atoms with E-state index in [4.69, 9.17) is 4.42 Å². The van der Waals surface area contributed by atoms with E-state index in [9.17, 15) is 10.0 Å². The molecule has 1 N–H and O–H groups in total. The van der Waals surface area contributed by atoms with Gasteiger partial charge in [-0.1, -0.05) is 6.07 Å². The lowest BCUT2D eigenvalue weighted by molar-refractivity contribution is 0.0854. The fourth-order valence-corrected chi connectivity index (χ4v) is 2.53. The van der Waals surface area contributed by atoms with E-state index in [0.29, 0.717) is 16.3 Å². The first kappa shape index (κ1) is 11.0. The molecule has 0 saturated heterocycles. The maximum Gasteiger partial charge on any atom is 0.282 e. The number of carbonyl (C=O) groups excluding carboxylic acids is 1. The Bertz CT molecular complexity index is 687. The second-order valence-electron chi connectivity index (χ2n) is 3.77. The lowest BCUT2D eigenvalue weighted by Gasteiger charge is -2.12. The highest BCUT2D eigenvalue weighted by molar-refractivity contribution is 7.17. The number of anilines is 1. The standard InChI is InChI=1S/C13H9NO3S/c15-13(14(16)11-3-5-17-8-11)10-2-1-9-4-6-18-12(9)7-10/h1-8,16H. The van der Waals surface area contributed by atoms with E-state index in [1.807, 2.05) is 17.5 Å². The molecule has 0 aliphatic heterocycles. The first-order valence-electron chi connectivity index (χ1n) is 5.28. The SMILES string of the molecule is O=C(c1ccc2ccsc2c1)N(O)c1ccoc1. The molecule has 0 atom stereocenters. The van der Waals surface area contributed by atoms with Crippen LogP contribution in [-0.2, 0) is 0 Å². The monoisotopic (exact) mass is 259 g/mol. The number of furan rings is 1. The molecule has 0 aliphatic carbocycles. The predicted molar refractivity (Wildman–Crippen MR) is 69.1 cm³/mol. The Labute approximate surface area is 107 Å². The molecule has 0 fully saturated rings. The summed E-state index contributed by atoms with van der Waals surface area (Å²) in [5, 5.41) is 13.4. The van der Waals surface area contributed by atoms with Gasteiger partial charge in [-0.3, -0.25) is 10.0 Å². The van der Waals surface area contributed by atoms with E-state index in [0.717, 1.165) is 10.1 Å². The molecular weight excluding hydrogens is 250 g/mol. The fourth-order valence-electron chi connectivity index (χ4n) is 1.71. The zero-order valence-corrected chi connectivity index (χ0v) is 10.1. The second kappa shape index (κ2) is 4.29. The molecule has 5 heteroatoms. The summed E-state index contributed by atoms with van der Waals surface area (Å²) >= 11 is 1.56. The molecule has 2 aromatic heterocycles. The zero-order valence-electron chi connectivity index (χ0n) is 9.24. The summed E-state index contributed by atoms with van der Waals surface area (Å²) in [6.07, 6.45) is 2.70. The van der Waals surface area contributed by atoms with Gasteiger partial charge in [-0.25, -0.2) is 0 Å². The van der Waals surface area contributed by atoms with Crippen molar-refractivity contribution in [2.75, 3.05) is 5.06 Å². The maximum atomic E-state index is 12.0. The van der Waals surface area contributed by atoms with Crippen molar-refractivity contribution in [1.82, 2.24) is 0 Å². The number of hydrogen-bond donors (Lipinski definition) is 1. The van der Waals surface area contributed by atoms with Gasteiger partial charge in [-0.15, -0.1) is 11.3 Å². The van der Waals surface area contributed by atoms with E-state index in [1.54, 1.807) is 23.5 Å². The van der Waals surface area contributed by atoms with Crippen molar-refractivity contribution in [2.24, 2.45) is 0 Å². The number of hydroxylamine groups is 1. The van der Waals surface area contributed by atoms with Gasteiger partial charge in [0.1, 0.15) is 12.0 Å². The van der Waals surface area contributed by atoms with Gasteiger partial charge in [-0.05, 0) is 29.0 Å². The van der Waals surface area contributed by atoms with Gasteiger partial charge in [0.05, 0.1) is 6.26 Å². The molecule has 0 bridgehead atoms. The highest BCUT2D eigenvalue weighted by Crippen LogP contribution is 2.23. The topological polar surface area (TPSA) is 53.7 Å². The molecule has 90 valence electrons. The lowest BCUT2D eigenvalue weighted by atomic mass is 10.1. The van der Waals surface area contributed by atoms with Gasteiger partial charge < -0.3 is 4.42 Å². The maximum absolute atomic E-state index is 12.0. The number of amides is 1. The predicted octanol–water partition coefficient (Wildman–Crippen LogP) is 3.53. The van der Waals surface area contributed by atoms with Crippen molar-refractivity contribution in [1.29, 1.82) is 0 Å². The second-order valence-corrected chi connectivity index (χ2v) is 4.72. The van der Waals surface area contributed by atoms with Crippen LogP contribution in [0.2, 0.25) is 0 Å². The van der Waals surface area contributed by atoms with Crippen LogP contribution in [0.4, 0.5) is 5.69 Å². The third-order valence-corrected chi connectivity index (χ3v) is 3.53. The minimum atomic E-state index is -0.480. The van der Waals surface area contributed by atoms with Crippen LogP contribution in [0.3, 0.4) is 0 Å². The molecule has 1 amide bonds. The van der Waals surface area contributed by atoms with Crippen LogP contribution in [0.1, 0.15) is 10.4 Å². The van der Waals surface area contributed by atoms with Crippen molar-refractivity contribution in [2.45, 2.75) is 0 Å². The van der Waals surface area contributed by atoms with Crippen LogP contribution in [0, 0.1) is 0 Å². The summed E-state index contributed by atoms with van der Waals surface area (Å²) in [6, 6.07) is 8.83. The molecular formula is C13H9NO3S. The summed E-state index contributed by atoms with van der Waals surface area (Å²) < 4.78 is 5.84. The molecule has 1 aromatic carbocycles. The van der Waals surface area contributed by atoms with Gasteiger partial charge in [0.2, 0.25) is 0 Å². The largest absolute Gasteiger partial charge is 0.470 e. The van der Waals surface area contributed by atoms with E-state index in [2.05, 4.69) is 0 Å². The molecule has 2 heterocycles. The Hall–Kier alpha value is -2.11. The van der Waals surface area contributed by atoms with E-state index in [-0.39, 0.29) is 0 Å². The Morgan fingerprint density at radius 2 is 2.17 bits per heavy atom. The first-order chi connectivity index (χ1) is 8.75. The van der Waals surface area contributed by atoms with Crippen LogP contribution < -0.4 is 5.06 Å². The Balaban J connectivity index is 1.96. The van der Waals surface area contributed by atoms with Crippen molar-refractivity contribution < 1.29 is 14.4 Å². The number of nitrogens with zero attached hydrogens (tertiary/aromatic N) is 1. The average Bonchev–Trinajstić information content (AvgIpc) is 3.06. The summed E-state index contributed by atoms with van der Waals surface area (Å²) in [4.78, 5) is 12.0. The normalized spacial score (nSPS) is 10.7. The van der Waals surface area contributed by atoms with Gasteiger partial charge in [0, 0.05) is 16.3 Å². The number of thiophene rings is 1. The van der Waals surface area contributed by atoms with E-state index >= 15 is 0 Å². The zero-order chi connectivity index (χ0) is 12.5. The molecule has 0 unspecified atom stereocenters. The number of benzene rings is 1. The van der Waals surface area contributed by atoms with Crippen molar-refractivity contribution >= 4 is 33.0 Å². The van der Waals surface area contributed by atoms with Gasteiger partial charge in [-0.2, -0.15) is 5.06 Å². The average molecular weight is 259 g/mol. The van der Waals surface area contributed by atoms with Gasteiger partial charge in [0.15, 0.2) is 0 Å². The summed E-state index contributed by atoms with van der Waals surface area (Å²) in [7, 11) is 0. The molecule has 0 saturated carbocycles. The minimum absolute atomic E-state index is 0.311. The van der Waals surface area contributed by atoms with Crippen LogP contribution in [0.25, 0.3) is 10.1 Å².